The standard InChI is InChI=1S/C27H39N3O5S/c1-7-9-16-28-27(32)24(8-2)29(18-22-14-11-15-23(17-22)35-5)25(31)19-30(36(6,33)34)26-20(3)12-10-13-21(26)4/h10-15,17,24H,7-9,16,18-19H2,1-6H3,(H,28,32)/t24-/m0/s1. The van der Waals surface area contributed by atoms with E-state index in [9.17, 15) is 18.0 Å². The predicted octanol–water partition coefficient (Wildman–Crippen LogP) is 3.80. The molecular weight excluding hydrogens is 478 g/mol. The van der Waals surface area contributed by atoms with Gasteiger partial charge < -0.3 is 15.0 Å². The summed E-state index contributed by atoms with van der Waals surface area (Å²) >= 11 is 0. The van der Waals surface area contributed by atoms with Crippen molar-refractivity contribution in [3.05, 3.63) is 59.2 Å². The molecule has 0 aliphatic rings. The number of hydrogen-bond acceptors (Lipinski definition) is 5. The SMILES string of the molecule is CCCCNC(=O)[C@H](CC)N(Cc1cccc(OC)c1)C(=O)CN(c1c(C)cccc1C)S(C)(=O)=O. The van der Waals surface area contributed by atoms with E-state index in [0.717, 1.165) is 40.1 Å². The molecule has 2 aromatic rings. The van der Waals surface area contributed by atoms with Crippen LogP contribution in [0.4, 0.5) is 5.69 Å². The number of para-hydroxylation sites is 1. The average molecular weight is 518 g/mol. The van der Waals surface area contributed by atoms with Crippen LogP contribution in [0.15, 0.2) is 42.5 Å². The van der Waals surface area contributed by atoms with Gasteiger partial charge in [-0.05, 0) is 55.5 Å². The Labute approximate surface area is 215 Å². The minimum absolute atomic E-state index is 0.139. The van der Waals surface area contributed by atoms with Crippen LogP contribution >= 0.6 is 0 Å². The van der Waals surface area contributed by atoms with Crippen LogP contribution < -0.4 is 14.4 Å². The number of nitrogens with zero attached hydrogens (tertiary/aromatic N) is 2. The van der Waals surface area contributed by atoms with E-state index in [1.807, 2.05) is 64.1 Å². The molecule has 0 radical (unpaired) electrons. The lowest BCUT2D eigenvalue weighted by Crippen LogP contribution is -2.52. The van der Waals surface area contributed by atoms with Crippen LogP contribution in [0.2, 0.25) is 0 Å². The molecule has 8 nitrogen and oxygen atoms in total. The van der Waals surface area contributed by atoms with Gasteiger partial charge in [-0.3, -0.25) is 13.9 Å². The third-order valence-electron chi connectivity index (χ3n) is 6.07. The lowest BCUT2D eigenvalue weighted by molar-refractivity contribution is -0.140. The van der Waals surface area contributed by atoms with Crippen molar-refractivity contribution in [3.63, 3.8) is 0 Å². The molecule has 0 aliphatic carbocycles. The van der Waals surface area contributed by atoms with Crippen molar-refractivity contribution in [2.24, 2.45) is 0 Å². The van der Waals surface area contributed by atoms with Crippen molar-refractivity contribution in [2.75, 3.05) is 30.8 Å². The number of ether oxygens (including phenoxy) is 1. The molecule has 0 saturated carbocycles. The van der Waals surface area contributed by atoms with Crippen LogP contribution in [0.3, 0.4) is 0 Å². The topological polar surface area (TPSA) is 96.0 Å². The molecule has 0 bridgehead atoms. The third kappa shape index (κ3) is 7.71. The zero-order valence-electron chi connectivity index (χ0n) is 22.2. The molecule has 2 rings (SSSR count). The number of hydrogen-bond donors (Lipinski definition) is 1. The van der Waals surface area contributed by atoms with Gasteiger partial charge in [-0.25, -0.2) is 8.42 Å². The van der Waals surface area contributed by atoms with Gasteiger partial charge in [0.1, 0.15) is 18.3 Å². The Morgan fingerprint density at radius 2 is 1.69 bits per heavy atom. The van der Waals surface area contributed by atoms with E-state index >= 15 is 0 Å². The molecule has 2 aromatic carbocycles. The number of sulfonamides is 1. The number of amides is 2. The summed E-state index contributed by atoms with van der Waals surface area (Å²) in [5.74, 6) is -0.0720. The van der Waals surface area contributed by atoms with Gasteiger partial charge >= 0.3 is 0 Å². The Balaban J connectivity index is 2.47. The highest BCUT2D eigenvalue weighted by atomic mass is 32.2. The van der Waals surface area contributed by atoms with E-state index in [1.165, 1.54) is 4.90 Å². The first-order valence-electron chi connectivity index (χ1n) is 12.3. The molecule has 0 fully saturated rings. The number of carbonyl (C=O) groups is 2. The van der Waals surface area contributed by atoms with Crippen molar-refractivity contribution in [1.29, 1.82) is 0 Å². The predicted molar refractivity (Wildman–Crippen MR) is 144 cm³/mol. The van der Waals surface area contributed by atoms with Crippen LogP contribution in [0.25, 0.3) is 0 Å². The molecule has 0 aromatic heterocycles. The van der Waals surface area contributed by atoms with E-state index in [-0.39, 0.29) is 12.5 Å². The second-order valence-corrected chi connectivity index (χ2v) is 10.9. The fourth-order valence-corrected chi connectivity index (χ4v) is 5.13. The molecule has 1 N–H and O–H groups in total. The lowest BCUT2D eigenvalue weighted by atomic mass is 10.1. The summed E-state index contributed by atoms with van der Waals surface area (Å²) in [6.07, 6.45) is 3.24. The second kappa shape index (κ2) is 13.3. The van der Waals surface area contributed by atoms with Crippen molar-refractivity contribution in [1.82, 2.24) is 10.2 Å². The minimum Gasteiger partial charge on any atom is -0.497 e. The number of rotatable bonds is 13. The highest BCUT2D eigenvalue weighted by Gasteiger charge is 2.32. The zero-order chi connectivity index (χ0) is 26.9. The maximum absolute atomic E-state index is 13.8. The van der Waals surface area contributed by atoms with Crippen LogP contribution in [0.5, 0.6) is 5.75 Å². The fourth-order valence-electron chi connectivity index (χ4n) is 4.17. The first-order valence-corrected chi connectivity index (χ1v) is 14.1. The number of carbonyl (C=O) groups excluding carboxylic acids is 2. The number of nitrogens with one attached hydrogen (secondary N) is 1. The average Bonchev–Trinajstić information content (AvgIpc) is 2.82. The van der Waals surface area contributed by atoms with Crippen LogP contribution in [-0.4, -0.2) is 57.6 Å². The van der Waals surface area contributed by atoms with Crippen molar-refractivity contribution < 1.29 is 22.7 Å². The van der Waals surface area contributed by atoms with Crippen molar-refractivity contribution in [3.8, 4) is 5.75 Å². The number of anilines is 1. The first kappa shape index (κ1) is 29.2. The number of unbranched alkanes of at least 4 members (excludes halogenated alkanes) is 1. The Morgan fingerprint density at radius 3 is 2.25 bits per heavy atom. The minimum atomic E-state index is -3.78. The van der Waals surface area contributed by atoms with E-state index < -0.39 is 28.5 Å². The summed E-state index contributed by atoms with van der Waals surface area (Å²) in [7, 11) is -2.22. The highest BCUT2D eigenvalue weighted by Crippen LogP contribution is 2.27. The Morgan fingerprint density at radius 1 is 1.06 bits per heavy atom. The van der Waals surface area contributed by atoms with Gasteiger partial charge in [-0.2, -0.15) is 0 Å². The molecule has 1 atom stereocenters. The molecule has 0 aliphatic heterocycles. The second-order valence-electron chi connectivity index (χ2n) is 8.95. The fraction of sp³-hybridized carbons (Fsp3) is 0.481. The highest BCUT2D eigenvalue weighted by molar-refractivity contribution is 7.92. The molecule has 0 saturated heterocycles. The van der Waals surface area contributed by atoms with Crippen molar-refractivity contribution >= 4 is 27.5 Å². The van der Waals surface area contributed by atoms with E-state index in [0.29, 0.717) is 24.4 Å². The van der Waals surface area contributed by atoms with Gasteiger partial charge in [-0.15, -0.1) is 0 Å². The summed E-state index contributed by atoms with van der Waals surface area (Å²) in [6.45, 7) is 7.76. The number of methoxy groups -OCH3 is 1. The lowest BCUT2D eigenvalue weighted by Gasteiger charge is -2.33. The summed E-state index contributed by atoms with van der Waals surface area (Å²) in [6, 6.07) is 12.0. The molecule has 0 spiro atoms. The molecular formula is C27H39N3O5S. The number of aryl methyl sites for hydroxylation is 2. The van der Waals surface area contributed by atoms with Gasteiger partial charge in [0.15, 0.2) is 0 Å². The molecule has 9 heteroatoms. The van der Waals surface area contributed by atoms with Crippen LogP contribution in [0.1, 0.15) is 49.8 Å². The third-order valence-corrected chi connectivity index (χ3v) is 7.18. The van der Waals surface area contributed by atoms with E-state index in [2.05, 4.69) is 5.32 Å². The van der Waals surface area contributed by atoms with Gasteiger partial charge in [0.25, 0.3) is 0 Å². The molecule has 36 heavy (non-hydrogen) atoms. The smallest absolute Gasteiger partial charge is 0.244 e. The van der Waals surface area contributed by atoms with E-state index in [1.54, 1.807) is 13.2 Å². The maximum atomic E-state index is 13.8. The quantitative estimate of drug-likeness (QED) is 0.408. The zero-order valence-corrected chi connectivity index (χ0v) is 23.0. The molecule has 198 valence electrons. The summed E-state index contributed by atoms with van der Waals surface area (Å²) < 4.78 is 32.1. The van der Waals surface area contributed by atoms with E-state index in [4.69, 9.17) is 4.74 Å². The maximum Gasteiger partial charge on any atom is 0.244 e. The molecule has 0 heterocycles. The van der Waals surface area contributed by atoms with Crippen molar-refractivity contribution in [2.45, 2.75) is 59.5 Å². The van der Waals surface area contributed by atoms with Gasteiger partial charge in [0.2, 0.25) is 21.8 Å². The monoisotopic (exact) mass is 517 g/mol. The van der Waals surface area contributed by atoms with Gasteiger partial charge in [-0.1, -0.05) is 50.6 Å². The van der Waals surface area contributed by atoms with Crippen LogP contribution in [0, 0.1) is 13.8 Å². The van der Waals surface area contributed by atoms with Crippen LogP contribution in [-0.2, 0) is 26.2 Å². The molecule has 2 amide bonds. The first-order chi connectivity index (χ1) is 17.0. The Hall–Kier alpha value is -3.07. The Kier molecular flexibility index (Phi) is 10.8. The van der Waals surface area contributed by atoms with Gasteiger partial charge in [0.05, 0.1) is 19.1 Å². The Bertz CT molecular complexity index is 1130. The summed E-state index contributed by atoms with van der Waals surface area (Å²) in [4.78, 5) is 28.4. The van der Waals surface area contributed by atoms with Gasteiger partial charge in [0, 0.05) is 13.1 Å². The normalized spacial score (nSPS) is 12.1. The summed E-state index contributed by atoms with van der Waals surface area (Å²) in [5.41, 5.74) is 2.75. The number of benzene rings is 2. The summed E-state index contributed by atoms with van der Waals surface area (Å²) in [5, 5.41) is 2.92. The largest absolute Gasteiger partial charge is 0.497 e. The molecule has 0 unspecified atom stereocenters.